The van der Waals surface area contributed by atoms with Crippen LogP contribution in [-0.4, -0.2) is 29.8 Å². The van der Waals surface area contributed by atoms with Crippen molar-refractivity contribution in [2.24, 2.45) is 5.92 Å². The van der Waals surface area contributed by atoms with Gasteiger partial charge in [-0.1, -0.05) is 18.2 Å². The summed E-state index contributed by atoms with van der Waals surface area (Å²) in [5.74, 6) is -0.635. The molecule has 1 aliphatic rings. The molecule has 0 radical (unpaired) electrons. The third kappa shape index (κ3) is 4.25. The highest BCUT2D eigenvalue weighted by Gasteiger charge is 2.29. The van der Waals surface area contributed by atoms with E-state index in [0.29, 0.717) is 18.0 Å². The topological polar surface area (TPSA) is 49.4 Å². The van der Waals surface area contributed by atoms with Gasteiger partial charge in [-0.15, -0.1) is 11.3 Å². The van der Waals surface area contributed by atoms with Gasteiger partial charge >= 0.3 is 0 Å². The van der Waals surface area contributed by atoms with E-state index in [4.69, 9.17) is 0 Å². The molecular formula is C19H21FN2O2S. The van der Waals surface area contributed by atoms with Gasteiger partial charge in [0.25, 0.3) is 5.91 Å². The molecule has 2 aromatic rings. The molecule has 2 heterocycles. The van der Waals surface area contributed by atoms with E-state index in [1.807, 2.05) is 24.4 Å². The zero-order chi connectivity index (χ0) is 17.8. The monoisotopic (exact) mass is 360 g/mol. The molecule has 0 spiro atoms. The van der Waals surface area contributed by atoms with Crippen LogP contribution in [0.4, 0.5) is 4.39 Å². The van der Waals surface area contributed by atoms with Crippen molar-refractivity contribution in [3.63, 3.8) is 0 Å². The van der Waals surface area contributed by atoms with Crippen molar-refractivity contribution >= 4 is 23.2 Å². The smallest absolute Gasteiger partial charge is 0.263 e. The fourth-order valence-corrected chi connectivity index (χ4v) is 3.81. The van der Waals surface area contributed by atoms with E-state index < -0.39 is 0 Å². The van der Waals surface area contributed by atoms with Crippen LogP contribution in [0.5, 0.6) is 0 Å². The Morgan fingerprint density at radius 3 is 2.88 bits per heavy atom. The molecule has 25 heavy (non-hydrogen) atoms. The van der Waals surface area contributed by atoms with Gasteiger partial charge in [0, 0.05) is 13.1 Å². The summed E-state index contributed by atoms with van der Waals surface area (Å²) in [5.41, 5.74) is 0.732. The van der Waals surface area contributed by atoms with Crippen LogP contribution in [0.15, 0.2) is 41.8 Å². The van der Waals surface area contributed by atoms with Crippen molar-refractivity contribution in [2.45, 2.75) is 25.8 Å². The Bertz CT molecular complexity index is 748. The molecule has 1 aromatic carbocycles. The number of carbonyl (C=O) groups excluding carboxylic acids is 2. The van der Waals surface area contributed by atoms with Gasteiger partial charge in [-0.3, -0.25) is 9.59 Å². The fraction of sp³-hybridized carbons (Fsp3) is 0.368. The fourth-order valence-electron chi connectivity index (χ4n) is 3.12. The summed E-state index contributed by atoms with van der Waals surface area (Å²) in [6.07, 6.45) is 1.57. The van der Waals surface area contributed by atoms with Crippen LogP contribution in [0, 0.1) is 11.7 Å². The predicted octanol–water partition coefficient (Wildman–Crippen LogP) is 3.62. The quantitative estimate of drug-likeness (QED) is 0.905. The summed E-state index contributed by atoms with van der Waals surface area (Å²) < 4.78 is 13.3. The summed E-state index contributed by atoms with van der Waals surface area (Å²) in [5, 5.41) is 4.82. The molecule has 1 aliphatic heterocycles. The summed E-state index contributed by atoms with van der Waals surface area (Å²) in [6, 6.07) is 9.63. The van der Waals surface area contributed by atoms with Gasteiger partial charge in [-0.05, 0) is 48.9 Å². The average molecular weight is 360 g/mol. The highest BCUT2D eigenvalue weighted by molar-refractivity contribution is 7.12. The Hall–Kier alpha value is -2.21. The molecule has 1 saturated heterocycles. The van der Waals surface area contributed by atoms with Crippen molar-refractivity contribution in [3.8, 4) is 0 Å². The molecule has 0 aliphatic carbocycles. The highest BCUT2D eigenvalue weighted by atomic mass is 32.1. The molecular weight excluding hydrogens is 339 g/mol. The molecule has 2 atom stereocenters. The number of thiophene rings is 1. The highest BCUT2D eigenvalue weighted by Crippen LogP contribution is 2.22. The Labute approximate surface area is 150 Å². The van der Waals surface area contributed by atoms with Crippen LogP contribution >= 0.6 is 11.3 Å². The number of likely N-dealkylation sites (tertiary alicyclic amines) is 1. The van der Waals surface area contributed by atoms with Gasteiger partial charge in [0.1, 0.15) is 5.82 Å². The van der Waals surface area contributed by atoms with E-state index in [0.717, 1.165) is 18.4 Å². The average Bonchev–Trinajstić information content (AvgIpc) is 3.15. The van der Waals surface area contributed by atoms with E-state index in [2.05, 4.69) is 5.32 Å². The molecule has 2 unspecified atom stereocenters. The minimum Gasteiger partial charge on any atom is -0.349 e. The first-order valence-electron chi connectivity index (χ1n) is 8.43. The molecule has 1 fully saturated rings. The third-order valence-electron chi connectivity index (χ3n) is 4.52. The maximum absolute atomic E-state index is 13.3. The Morgan fingerprint density at radius 2 is 2.16 bits per heavy atom. The number of nitrogens with one attached hydrogen (secondary N) is 1. The lowest BCUT2D eigenvalue weighted by Gasteiger charge is -2.32. The number of piperidine rings is 1. The van der Waals surface area contributed by atoms with Crippen LogP contribution in [0.1, 0.15) is 41.0 Å². The van der Waals surface area contributed by atoms with E-state index in [9.17, 15) is 14.0 Å². The number of amides is 2. The largest absolute Gasteiger partial charge is 0.349 e. The lowest BCUT2D eigenvalue weighted by Crippen LogP contribution is -2.45. The number of halogens is 1. The number of carbonyl (C=O) groups is 2. The molecule has 6 heteroatoms. The number of hydrogen-bond acceptors (Lipinski definition) is 3. The SMILES string of the molecule is CC(NC(=O)C1CCCN(C(=O)c2cccs2)C1)c1cccc(F)c1. The summed E-state index contributed by atoms with van der Waals surface area (Å²) >= 11 is 1.42. The maximum Gasteiger partial charge on any atom is 0.263 e. The van der Waals surface area contributed by atoms with Crippen LogP contribution in [0.2, 0.25) is 0 Å². The van der Waals surface area contributed by atoms with E-state index in [1.54, 1.807) is 17.0 Å². The Morgan fingerprint density at radius 1 is 1.32 bits per heavy atom. The predicted molar refractivity (Wildman–Crippen MR) is 95.9 cm³/mol. The number of rotatable bonds is 4. The van der Waals surface area contributed by atoms with Gasteiger partial charge in [0.15, 0.2) is 0 Å². The molecule has 3 rings (SSSR count). The molecule has 1 N–H and O–H groups in total. The first-order chi connectivity index (χ1) is 12.0. The van der Waals surface area contributed by atoms with Crippen LogP contribution in [-0.2, 0) is 4.79 Å². The standard InChI is InChI=1S/C19H21FN2O2S/c1-13(14-5-2-7-16(20)11-14)21-18(23)15-6-3-9-22(12-15)19(24)17-8-4-10-25-17/h2,4-5,7-8,10-11,13,15H,3,6,9,12H2,1H3,(H,21,23). The second-order valence-corrected chi connectivity index (χ2v) is 7.30. The first-order valence-corrected chi connectivity index (χ1v) is 9.31. The normalized spacial score (nSPS) is 18.6. The zero-order valence-electron chi connectivity index (χ0n) is 14.1. The van der Waals surface area contributed by atoms with E-state index in [-0.39, 0.29) is 29.6 Å². The molecule has 1 aromatic heterocycles. The molecule has 2 amide bonds. The maximum atomic E-state index is 13.3. The van der Waals surface area contributed by atoms with Gasteiger partial charge < -0.3 is 10.2 Å². The Kier molecular flexibility index (Phi) is 5.48. The van der Waals surface area contributed by atoms with E-state index in [1.165, 1.54) is 23.5 Å². The molecule has 132 valence electrons. The summed E-state index contributed by atoms with van der Waals surface area (Å²) in [7, 11) is 0. The van der Waals surface area contributed by atoms with Gasteiger partial charge in [-0.25, -0.2) is 4.39 Å². The van der Waals surface area contributed by atoms with Gasteiger partial charge in [-0.2, -0.15) is 0 Å². The molecule has 0 saturated carbocycles. The summed E-state index contributed by atoms with van der Waals surface area (Å²) in [4.78, 5) is 27.5. The second kappa shape index (κ2) is 7.78. The lowest BCUT2D eigenvalue weighted by molar-refractivity contribution is -0.127. The number of benzene rings is 1. The van der Waals surface area contributed by atoms with Gasteiger partial charge in [0.2, 0.25) is 5.91 Å². The minimum atomic E-state index is -0.316. The van der Waals surface area contributed by atoms with Crippen molar-refractivity contribution in [1.82, 2.24) is 10.2 Å². The van der Waals surface area contributed by atoms with Crippen molar-refractivity contribution in [1.29, 1.82) is 0 Å². The number of hydrogen-bond donors (Lipinski definition) is 1. The lowest BCUT2D eigenvalue weighted by atomic mass is 9.96. The zero-order valence-corrected chi connectivity index (χ0v) is 14.9. The third-order valence-corrected chi connectivity index (χ3v) is 5.38. The van der Waals surface area contributed by atoms with Crippen LogP contribution in [0.25, 0.3) is 0 Å². The van der Waals surface area contributed by atoms with Crippen molar-refractivity contribution in [2.75, 3.05) is 13.1 Å². The van der Waals surface area contributed by atoms with Crippen molar-refractivity contribution < 1.29 is 14.0 Å². The van der Waals surface area contributed by atoms with Crippen molar-refractivity contribution in [3.05, 3.63) is 58.0 Å². The second-order valence-electron chi connectivity index (χ2n) is 6.35. The first kappa shape index (κ1) is 17.6. The van der Waals surface area contributed by atoms with Crippen LogP contribution < -0.4 is 5.32 Å². The van der Waals surface area contributed by atoms with Crippen LogP contribution in [0.3, 0.4) is 0 Å². The molecule has 0 bridgehead atoms. The minimum absolute atomic E-state index is 0.00863. The summed E-state index contributed by atoms with van der Waals surface area (Å²) in [6.45, 7) is 2.95. The Balaban J connectivity index is 1.61. The van der Waals surface area contributed by atoms with Gasteiger partial charge in [0.05, 0.1) is 16.8 Å². The molecule has 4 nitrogen and oxygen atoms in total. The number of nitrogens with zero attached hydrogens (tertiary/aromatic N) is 1. The van der Waals surface area contributed by atoms with E-state index >= 15 is 0 Å².